The molecule has 0 aliphatic carbocycles. The molecule has 8 heteroatoms. The number of methoxy groups -OCH3 is 1. The number of benzene rings is 3. The Morgan fingerprint density at radius 1 is 1.03 bits per heavy atom. The second kappa shape index (κ2) is 9.10. The monoisotopic (exact) mass is 467 g/mol. The highest BCUT2D eigenvalue weighted by molar-refractivity contribution is 7.98. The molecule has 0 aliphatic heterocycles. The highest BCUT2D eigenvalue weighted by Gasteiger charge is 2.21. The first kappa shape index (κ1) is 22.0. The van der Waals surface area contributed by atoms with Crippen LogP contribution in [-0.2, 0) is 20.5 Å². The number of hydrogen-bond donors (Lipinski definition) is 1. The van der Waals surface area contributed by atoms with Gasteiger partial charge in [0.2, 0.25) is 5.09 Å². The number of fused-ring (bicyclic) bond motifs is 1. The predicted octanol–water partition coefficient (Wildman–Crippen LogP) is 5.62. The Hall–Kier alpha value is -3.23. The zero-order chi connectivity index (χ0) is 22.7. The van der Waals surface area contributed by atoms with Crippen LogP contribution in [0.2, 0.25) is 0 Å². The summed E-state index contributed by atoms with van der Waals surface area (Å²) in [5.41, 5.74) is 3.15. The van der Waals surface area contributed by atoms with Crippen LogP contribution >= 0.6 is 11.8 Å². The van der Waals surface area contributed by atoms with Crippen LogP contribution in [0.4, 0.5) is 5.69 Å². The lowest BCUT2D eigenvalue weighted by atomic mass is 10.1. The Bertz CT molecular complexity index is 1360. The Morgan fingerprint density at radius 3 is 2.56 bits per heavy atom. The van der Waals surface area contributed by atoms with E-state index in [1.807, 2.05) is 37.3 Å². The molecular formula is C24H21NO5S2. The number of furan rings is 1. The number of carbonyl (C=O) groups is 1. The van der Waals surface area contributed by atoms with Gasteiger partial charge in [0, 0.05) is 22.1 Å². The lowest BCUT2D eigenvalue weighted by Crippen LogP contribution is -2.13. The van der Waals surface area contributed by atoms with Crippen LogP contribution < -0.4 is 4.72 Å². The maximum atomic E-state index is 13.0. The van der Waals surface area contributed by atoms with Crippen LogP contribution in [0.3, 0.4) is 0 Å². The maximum Gasteiger partial charge on any atom is 0.338 e. The number of aryl methyl sites for hydroxylation is 1. The summed E-state index contributed by atoms with van der Waals surface area (Å²) in [4.78, 5) is 12.8. The van der Waals surface area contributed by atoms with Crippen molar-refractivity contribution in [3.05, 3.63) is 89.5 Å². The molecule has 4 rings (SSSR count). The number of ether oxygens (including phenoxy) is 1. The van der Waals surface area contributed by atoms with Crippen LogP contribution in [0.5, 0.6) is 0 Å². The summed E-state index contributed by atoms with van der Waals surface area (Å²) in [6.07, 6.45) is 0. The van der Waals surface area contributed by atoms with Gasteiger partial charge in [-0.05, 0) is 42.3 Å². The normalized spacial score (nSPS) is 11.4. The van der Waals surface area contributed by atoms with E-state index in [4.69, 9.17) is 9.15 Å². The number of para-hydroxylation sites is 1. The fourth-order valence-electron chi connectivity index (χ4n) is 3.25. The first-order chi connectivity index (χ1) is 15.4. The van der Waals surface area contributed by atoms with Crippen LogP contribution in [-0.4, -0.2) is 21.5 Å². The Kier molecular flexibility index (Phi) is 6.25. The molecule has 0 amide bonds. The first-order valence-electron chi connectivity index (χ1n) is 9.78. The van der Waals surface area contributed by atoms with Gasteiger partial charge in [-0.1, -0.05) is 42.5 Å². The molecule has 0 bridgehead atoms. The molecule has 1 aromatic heterocycles. The molecule has 6 nitrogen and oxygen atoms in total. The lowest BCUT2D eigenvalue weighted by molar-refractivity contribution is 0.0600. The average molecular weight is 468 g/mol. The number of esters is 1. The number of hydrogen-bond acceptors (Lipinski definition) is 6. The van der Waals surface area contributed by atoms with Gasteiger partial charge in [-0.15, -0.1) is 11.8 Å². The fraction of sp³-hybridized carbons (Fsp3) is 0.125. The van der Waals surface area contributed by atoms with Gasteiger partial charge in [0.25, 0.3) is 10.0 Å². The van der Waals surface area contributed by atoms with Gasteiger partial charge >= 0.3 is 5.97 Å². The van der Waals surface area contributed by atoms with E-state index in [0.29, 0.717) is 28.0 Å². The van der Waals surface area contributed by atoms with Gasteiger partial charge in [0.1, 0.15) is 5.58 Å². The number of sulfonamides is 1. The van der Waals surface area contributed by atoms with Crippen molar-refractivity contribution in [3.8, 4) is 0 Å². The molecule has 0 atom stereocenters. The molecule has 0 radical (unpaired) electrons. The third-order valence-corrected chi connectivity index (χ3v) is 7.19. The third kappa shape index (κ3) is 4.66. The van der Waals surface area contributed by atoms with Crippen molar-refractivity contribution in [2.24, 2.45) is 0 Å². The topological polar surface area (TPSA) is 85.6 Å². The largest absolute Gasteiger partial charge is 0.465 e. The van der Waals surface area contributed by atoms with Crippen LogP contribution in [0, 0.1) is 6.92 Å². The minimum atomic E-state index is -3.93. The van der Waals surface area contributed by atoms with Gasteiger partial charge in [0.05, 0.1) is 18.4 Å². The molecule has 4 aromatic rings. The minimum absolute atomic E-state index is 0.146. The van der Waals surface area contributed by atoms with Crippen LogP contribution in [0.15, 0.2) is 87.2 Å². The first-order valence-corrected chi connectivity index (χ1v) is 12.3. The second-order valence-corrected chi connectivity index (χ2v) is 9.78. The maximum absolute atomic E-state index is 13.0. The van der Waals surface area contributed by atoms with Crippen LogP contribution in [0.1, 0.15) is 21.5 Å². The van der Waals surface area contributed by atoms with Crippen molar-refractivity contribution in [1.29, 1.82) is 0 Å². The van der Waals surface area contributed by atoms with Crippen molar-refractivity contribution in [2.45, 2.75) is 22.7 Å². The SMILES string of the molecule is COC(=O)c1ccccc1CSc1ccc(C)cc1NS(=O)(=O)c1cc2ccccc2o1. The summed E-state index contributed by atoms with van der Waals surface area (Å²) < 4.78 is 39.1. The highest BCUT2D eigenvalue weighted by Crippen LogP contribution is 2.34. The molecule has 0 unspecified atom stereocenters. The van der Waals surface area contributed by atoms with E-state index >= 15 is 0 Å². The summed E-state index contributed by atoms with van der Waals surface area (Å²) in [7, 11) is -2.58. The molecule has 0 saturated heterocycles. The molecule has 0 aliphatic rings. The molecular weight excluding hydrogens is 446 g/mol. The smallest absolute Gasteiger partial charge is 0.338 e. The summed E-state index contributed by atoms with van der Waals surface area (Å²) in [6.45, 7) is 1.89. The van der Waals surface area contributed by atoms with Gasteiger partial charge in [0.15, 0.2) is 0 Å². The van der Waals surface area contributed by atoms with Crippen molar-refractivity contribution in [1.82, 2.24) is 0 Å². The zero-order valence-electron chi connectivity index (χ0n) is 17.5. The van der Waals surface area contributed by atoms with E-state index in [2.05, 4.69) is 4.72 Å². The Balaban J connectivity index is 1.61. The van der Waals surface area contributed by atoms with Crippen molar-refractivity contribution >= 4 is 44.4 Å². The van der Waals surface area contributed by atoms with Gasteiger partial charge < -0.3 is 9.15 Å². The molecule has 1 N–H and O–H groups in total. The van der Waals surface area contributed by atoms with E-state index in [9.17, 15) is 13.2 Å². The van der Waals surface area contributed by atoms with Gasteiger partial charge in [-0.3, -0.25) is 4.72 Å². The van der Waals surface area contributed by atoms with Crippen molar-refractivity contribution in [3.63, 3.8) is 0 Å². The third-order valence-electron chi connectivity index (χ3n) is 4.85. The number of rotatable bonds is 7. The average Bonchev–Trinajstić information content (AvgIpc) is 3.23. The molecule has 0 spiro atoms. The number of thioether (sulfide) groups is 1. The summed E-state index contributed by atoms with van der Waals surface area (Å²) in [5, 5.41) is 0.568. The van der Waals surface area contributed by atoms with Gasteiger partial charge in [-0.2, -0.15) is 8.42 Å². The number of anilines is 1. The van der Waals surface area contributed by atoms with E-state index in [-0.39, 0.29) is 5.09 Å². The second-order valence-electron chi connectivity index (χ2n) is 7.15. The number of nitrogens with one attached hydrogen (secondary N) is 1. The van der Waals surface area contributed by atoms with E-state index in [1.54, 1.807) is 36.4 Å². The van der Waals surface area contributed by atoms with E-state index < -0.39 is 16.0 Å². The fourth-order valence-corrected chi connectivity index (χ4v) is 5.34. The summed E-state index contributed by atoms with van der Waals surface area (Å²) in [6, 6.07) is 21.4. The summed E-state index contributed by atoms with van der Waals surface area (Å²) >= 11 is 1.43. The Labute approximate surface area is 190 Å². The quantitative estimate of drug-likeness (QED) is 0.280. The predicted molar refractivity (Wildman–Crippen MR) is 126 cm³/mol. The summed E-state index contributed by atoms with van der Waals surface area (Å²) in [5.74, 6) is 0.0594. The van der Waals surface area contributed by atoms with Gasteiger partial charge in [-0.25, -0.2) is 4.79 Å². The van der Waals surface area contributed by atoms with Crippen molar-refractivity contribution < 1.29 is 22.4 Å². The molecule has 164 valence electrons. The Morgan fingerprint density at radius 2 is 1.78 bits per heavy atom. The lowest BCUT2D eigenvalue weighted by Gasteiger charge is -2.13. The molecule has 0 fully saturated rings. The highest BCUT2D eigenvalue weighted by atomic mass is 32.2. The minimum Gasteiger partial charge on any atom is -0.465 e. The molecule has 32 heavy (non-hydrogen) atoms. The molecule has 0 saturated carbocycles. The van der Waals surface area contributed by atoms with E-state index in [1.165, 1.54) is 24.9 Å². The van der Waals surface area contributed by atoms with Crippen molar-refractivity contribution in [2.75, 3.05) is 11.8 Å². The molecule has 1 heterocycles. The van der Waals surface area contributed by atoms with E-state index in [0.717, 1.165) is 16.0 Å². The molecule has 3 aromatic carbocycles. The van der Waals surface area contributed by atoms with Crippen LogP contribution in [0.25, 0.3) is 11.0 Å². The zero-order valence-corrected chi connectivity index (χ0v) is 19.1. The number of carbonyl (C=O) groups excluding carboxylic acids is 1. The standard InChI is InChI=1S/C24H21NO5S2/c1-16-11-12-22(31-15-18-8-3-5-9-19(18)24(26)29-2)20(13-16)25-32(27,28)23-14-17-7-4-6-10-21(17)30-23/h3-14,25H,15H2,1-2H3.